The molecule has 0 bridgehead atoms. The van der Waals surface area contributed by atoms with Gasteiger partial charge in [-0.1, -0.05) is 6.07 Å². The fraction of sp³-hybridized carbons (Fsp3) is 0.500. The van der Waals surface area contributed by atoms with E-state index in [1.54, 1.807) is 13.0 Å². The van der Waals surface area contributed by atoms with Gasteiger partial charge in [0.2, 0.25) is 5.91 Å². The Balaban J connectivity index is 1.65. The minimum atomic E-state index is -5.02. The molecule has 0 unspecified atom stereocenters. The summed E-state index contributed by atoms with van der Waals surface area (Å²) in [5.41, 5.74) is -1.97. The second-order valence-corrected chi connectivity index (χ2v) is 10.6. The zero-order valence-corrected chi connectivity index (χ0v) is 22.7. The van der Waals surface area contributed by atoms with Gasteiger partial charge >= 0.3 is 18.4 Å². The van der Waals surface area contributed by atoms with Gasteiger partial charge in [-0.05, 0) is 73.7 Å². The lowest BCUT2D eigenvalue weighted by Crippen LogP contribution is -2.56. The van der Waals surface area contributed by atoms with Gasteiger partial charge < -0.3 is 15.1 Å². The number of amides is 3. The van der Waals surface area contributed by atoms with Crippen molar-refractivity contribution in [1.82, 2.24) is 20.0 Å². The van der Waals surface area contributed by atoms with E-state index in [-0.39, 0.29) is 36.7 Å². The number of halogens is 7. The Morgan fingerprint density at radius 3 is 2.22 bits per heavy atom. The maximum atomic E-state index is 13.9. The van der Waals surface area contributed by atoms with Gasteiger partial charge in [-0.15, -0.1) is 0 Å². The molecule has 0 saturated carbocycles. The summed E-state index contributed by atoms with van der Waals surface area (Å²) >= 11 is 0. The van der Waals surface area contributed by atoms with E-state index in [9.17, 15) is 40.3 Å². The van der Waals surface area contributed by atoms with Crippen molar-refractivity contribution in [3.05, 3.63) is 70.0 Å². The van der Waals surface area contributed by atoms with Gasteiger partial charge in [-0.25, -0.2) is 9.18 Å². The molecule has 41 heavy (non-hydrogen) atoms. The Hall–Kier alpha value is -3.35. The molecule has 4 rings (SSSR count). The van der Waals surface area contributed by atoms with E-state index in [0.29, 0.717) is 49.2 Å². The number of nitrogens with one attached hydrogen (secondary N) is 1. The number of nitrogens with zero attached hydrogens (tertiary/aromatic N) is 3. The lowest BCUT2D eigenvalue weighted by molar-refractivity contribution is -0.143. The number of benzene rings is 2. The van der Waals surface area contributed by atoms with Crippen LogP contribution in [0.3, 0.4) is 0 Å². The molecular weight excluding hydrogens is 557 g/mol. The summed E-state index contributed by atoms with van der Waals surface area (Å²) in [6.45, 7) is 4.58. The first-order chi connectivity index (χ1) is 19.1. The molecule has 3 amide bonds. The van der Waals surface area contributed by atoms with Crippen molar-refractivity contribution in [2.45, 2.75) is 57.2 Å². The van der Waals surface area contributed by atoms with E-state index in [4.69, 9.17) is 0 Å². The lowest BCUT2D eigenvalue weighted by Gasteiger charge is -2.46. The number of aryl methyl sites for hydroxylation is 1. The number of carbonyl (C=O) groups is 2. The molecule has 2 aromatic rings. The highest BCUT2D eigenvalue weighted by atomic mass is 19.4. The molecule has 2 heterocycles. The van der Waals surface area contributed by atoms with Crippen LogP contribution in [-0.2, 0) is 17.1 Å². The minimum absolute atomic E-state index is 0.0526. The number of likely N-dealkylation sites (tertiary alicyclic amines) is 1. The molecule has 6 nitrogen and oxygen atoms in total. The fourth-order valence-corrected chi connectivity index (χ4v) is 5.60. The predicted molar refractivity (Wildman–Crippen MR) is 136 cm³/mol. The Morgan fingerprint density at radius 1 is 1.02 bits per heavy atom. The normalized spacial score (nSPS) is 21.4. The van der Waals surface area contributed by atoms with Crippen LogP contribution in [0.25, 0.3) is 0 Å². The van der Waals surface area contributed by atoms with Crippen LogP contribution in [0, 0.1) is 12.7 Å². The average molecular weight is 589 g/mol. The number of piperidine rings is 1. The van der Waals surface area contributed by atoms with E-state index < -0.39 is 47.4 Å². The van der Waals surface area contributed by atoms with Gasteiger partial charge in [0.05, 0.1) is 29.8 Å². The van der Waals surface area contributed by atoms with Crippen LogP contribution in [-0.4, -0.2) is 65.9 Å². The SMILES string of the molecule is Cc1cc(F)ccc1[C@H]1C[C@@H](N2CCNC(=O)C2)CCN1C(=O)N(C)[C@H](C)c1cc(C(F)(F)F)cc(C(F)(F)F)c1. The third-order valence-electron chi connectivity index (χ3n) is 7.97. The van der Waals surface area contributed by atoms with Crippen molar-refractivity contribution in [3.63, 3.8) is 0 Å². The zero-order valence-electron chi connectivity index (χ0n) is 22.7. The average Bonchev–Trinajstić information content (AvgIpc) is 2.90. The van der Waals surface area contributed by atoms with Crippen molar-refractivity contribution in [2.24, 2.45) is 0 Å². The minimum Gasteiger partial charge on any atom is -0.354 e. The van der Waals surface area contributed by atoms with Crippen molar-refractivity contribution in [1.29, 1.82) is 0 Å². The number of urea groups is 1. The molecule has 2 fully saturated rings. The number of hydrogen-bond acceptors (Lipinski definition) is 3. The molecule has 0 spiro atoms. The number of alkyl halides is 6. The smallest absolute Gasteiger partial charge is 0.354 e. The Morgan fingerprint density at radius 2 is 1.66 bits per heavy atom. The molecule has 2 aliphatic rings. The van der Waals surface area contributed by atoms with E-state index in [1.807, 2.05) is 4.90 Å². The van der Waals surface area contributed by atoms with Crippen LogP contribution in [0.1, 0.15) is 59.7 Å². The number of hydrogen-bond donors (Lipinski definition) is 1. The molecule has 3 atom stereocenters. The molecule has 0 radical (unpaired) electrons. The van der Waals surface area contributed by atoms with Crippen molar-refractivity contribution < 1.29 is 40.3 Å². The number of rotatable bonds is 4. The van der Waals surface area contributed by atoms with Crippen LogP contribution in [0.2, 0.25) is 0 Å². The highest BCUT2D eigenvalue weighted by Gasteiger charge is 2.40. The Kier molecular flexibility index (Phi) is 8.58. The lowest BCUT2D eigenvalue weighted by atomic mass is 9.88. The largest absolute Gasteiger partial charge is 0.416 e. The van der Waals surface area contributed by atoms with E-state index in [0.717, 1.165) is 4.90 Å². The monoisotopic (exact) mass is 588 g/mol. The summed E-state index contributed by atoms with van der Waals surface area (Å²) in [5, 5.41) is 2.77. The van der Waals surface area contributed by atoms with Gasteiger partial charge in [0.1, 0.15) is 5.82 Å². The Bertz CT molecular complexity index is 1260. The second-order valence-electron chi connectivity index (χ2n) is 10.6. The maximum absolute atomic E-state index is 13.9. The highest BCUT2D eigenvalue weighted by molar-refractivity contribution is 5.79. The van der Waals surface area contributed by atoms with Crippen molar-refractivity contribution in [2.75, 3.05) is 33.2 Å². The molecule has 0 aliphatic carbocycles. The van der Waals surface area contributed by atoms with Gasteiger partial charge in [-0.2, -0.15) is 26.3 Å². The molecule has 13 heteroatoms. The van der Waals surface area contributed by atoms with Gasteiger partial charge in [0, 0.05) is 32.7 Å². The van der Waals surface area contributed by atoms with E-state index in [2.05, 4.69) is 5.32 Å². The standard InChI is InChI=1S/C28H31F7N4O2/c1-16-10-21(29)4-5-23(16)24-14-22(38-9-7-36-25(40)15-38)6-8-39(24)26(41)37(3)17(2)18-11-19(27(30,31)32)13-20(12-18)28(33,34)35/h4-5,10-13,17,22,24H,6-9,14-15H2,1-3H3,(H,36,40)/t17-,22+,24-/m1/s1. The summed E-state index contributed by atoms with van der Waals surface area (Å²) in [5.74, 6) is -0.572. The predicted octanol–water partition coefficient (Wildman–Crippen LogP) is 5.92. The molecule has 1 N–H and O–H groups in total. The topological polar surface area (TPSA) is 55.9 Å². The fourth-order valence-electron chi connectivity index (χ4n) is 5.60. The second kappa shape index (κ2) is 11.5. The number of carbonyl (C=O) groups excluding carboxylic acids is 2. The van der Waals surface area contributed by atoms with E-state index >= 15 is 0 Å². The molecule has 2 aromatic carbocycles. The quantitative estimate of drug-likeness (QED) is 0.452. The Labute approximate surface area is 233 Å². The molecule has 0 aromatic heterocycles. The van der Waals surface area contributed by atoms with Crippen molar-refractivity contribution >= 4 is 11.9 Å². The first kappa shape index (κ1) is 30.6. The zero-order chi connectivity index (χ0) is 30.3. The van der Waals surface area contributed by atoms with Crippen LogP contribution < -0.4 is 5.32 Å². The molecule has 2 aliphatic heterocycles. The summed E-state index contributed by atoms with van der Waals surface area (Å²) in [6.07, 6.45) is -9.12. The summed E-state index contributed by atoms with van der Waals surface area (Å²) in [4.78, 5) is 30.5. The third kappa shape index (κ3) is 6.77. The number of piperazine rings is 1. The molecule has 224 valence electrons. The first-order valence-electron chi connectivity index (χ1n) is 13.2. The summed E-state index contributed by atoms with van der Waals surface area (Å²) in [6, 6.07) is 3.13. The van der Waals surface area contributed by atoms with Crippen LogP contribution in [0.5, 0.6) is 0 Å². The highest BCUT2D eigenvalue weighted by Crippen LogP contribution is 2.40. The van der Waals surface area contributed by atoms with Gasteiger partial charge in [0.15, 0.2) is 0 Å². The maximum Gasteiger partial charge on any atom is 0.416 e. The summed E-state index contributed by atoms with van der Waals surface area (Å²) < 4.78 is 94.7. The molecule has 2 saturated heterocycles. The van der Waals surface area contributed by atoms with Crippen LogP contribution >= 0.6 is 0 Å². The first-order valence-corrected chi connectivity index (χ1v) is 13.2. The molecular formula is C28H31F7N4O2. The van der Waals surface area contributed by atoms with E-state index in [1.165, 1.54) is 31.0 Å². The van der Waals surface area contributed by atoms with Crippen LogP contribution in [0.15, 0.2) is 36.4 Å². The van der Waals surface area contributed by atoms with Gasteiger partial charge in [-0.3, -0.25) is 9.69 Å². The van der Waals surface area contributed by atoms with Crippen LogP contribution in [0.4, 0.5) is 35.5 Å². The van der Waals surface area contributed by atoms with Gasteiger partial charge in [0.25, 0.3) is 0 Å². The van der Waals surface area contributed by atoms with Crippen molar-refractivity contribution in [3.8, 4) is 0 Å². The summed E-state index contributed by atoms with van der Waals surface area (Å²) in [7, 11) is 1.33. The third-order valence-corrected chi connectivity index (χ3v) is 7.97.